The van der Waals surface area contributed by atoms with Gasteiger partial charge in [0, 0.05) is 17.3 Å². The minimum absolute atomic E-state index is 0.387. The van der Waals surface area contributed by atoms with Gasteiger partial charge in [0.05, 0.1) is 29.8 Å². The molecule has 0 radical (unpaired) electrons. The van der Waals surface area contributed by atoms with Gasteiger partial charge in [-0.3, -0.25) is 0 Å². The van der Waals surface area contributed by atoms with Crippen LogP contribution in [0.2, 0.25) is 0 Å². The highest BCUT2D eigenvalue weighted by molar-refractivity contribution is 7.98. The minimum atomic E-state index is -4.42. The third kappa shape index (κ3) is 4.35. The van der Waals surface area contributed by atoms with Crippen LogP contribution in [0.5, 0.6) is 0 Å². The highest BCUT2D eigenvalue weighted by Gasteiger charge is 2.31. The molecule has 0 aliphatic heterocycles. The van der Waals surface area contributed by atoms with Crippen LogP contribution in [0.4, 0.5) is 19.0 Å². The van der Waals surface area contributed by atoms with Gasteiger partial charge < -0.3 is 14.7 Å². The number of aromatic nitrogens is 3. The fourth-order valence-electron chi connectivity index (χ4n) is 2.98. The van der Waals surface area contributed by atoms with Crippen LogP contribution in [-0.4, -0.2) is 21.2 Å². The lowest BCUT2D eigenvalue weighted by Gasteiger charge is -2.09. The van der Waals surface area contributed by atoms with Crippen LogP contribution in [0.3, 0.4) is 0 Å². The van der Waals surface area contributed by atoms with Gasteiger partial charge in [-0.1, -0.05) is 23.9 Å². The van der Waals surface area contributed by atoms with E-state index in [2.05, 4.69) is 20.3 Å². The van der Waals surface area contributed by atoms with Gasteiger partial charge in [0.1, 0.15) is 11.6 Å². The van der Waals surface area contributed by atoms with E-state index in [1.165, 1.54) is 17.8 Å². The average Bonchev–Trinajstić information content (AvgIpc) is 3.42. The number of halogens is 3. The third-order valence-corrected chi connectivity index (χ3v) is 4.99. The van der Waals surface area contributed by atoms with E-state index in [1.807, 2.05) is 18.4 Å². The van der Waals surface area contributed by atoms with Gasteiger partial charge in [0.15, 0.2) is 5.16 Å². The van der Waals surface area contributed by atoms with E-state index in [0.717, 1.165) is 23.5 Å². The predicted octanol–water partition coefficient (Wildman–Crippen LogP) is 6.08. The molecule has 1 aromatic carbocycles. The Morgan fingerprint density at radius 2 is 1.97 bits per heavy atom. The molecule has 4 rings (SSSR count). The molecule has 0 amide bonds. The van der Waals surface area contributed by atoms with E-state index >= 15 is 0 Å². The van der Waals surface area contributed by atoms with Crippen LogP contribution in [0.1, 0.15) is 11.3 Å². The molecule has 0 aliphatic rings. The molecule has 3 aromatic heterocycles. The van der Waals surface area contributed by atoms with Gasteiger partial charge in [-0.05, 0) is 42.7 Å². The van der Waals surface area contributed by atoms with Gasteiger partial charge in [0.25, 0.3) is 0 Å². The maximum absolute atomic E-state index is 13.2. The molecule has 30 heavy (non-hydrogen) atoms. The molecule has 154 valence electrons. The Kier molecular flexibility index (Phi) is 5.54. The first kappa shape index (κ1) is 20.1. The Hall–Kier alpha value is -3.20. The van der Waals surface area contributed by atoms with Crippen molar-refractivity contribution in [1.82, 2.24) is 15.0 Å². The van der Waals surface area contributed by atoms with E-state index < -0.39 is 11.7 Å². The summed E-state index contributed by atoms with van der Waals surface area (Å²) in [6, 6.07) is 12.4. The third-order valence-electron chi connectivity index (χ3n) is 4.41. The van der Waals surface area contributed by atoms with Crippen LogP contribution in [0.15, 0.2) is 70.6 Å². The fraction of sp³-hybridized carbons (Fsp3) is 0.143. The maximum Gasteiger partial charge on any atom is 0.416 e. The Morgan fingerprint density at radius 1 is 1.10 bits per heavy atom. The lowest BCUT2D eigenvalue weighted by Crippen LogP contribution is -2.04. The molecule has 0 fully saturated rings. The van der Waals surface area contributed by atoms with Gasteiger partial charge >= 0.3 is 6.18 Å². The summed E-state index contributed by atoms with van der Waals surface area (Å²) in [4.78, 5) is 12.0. The summed E-state index contributed by atoms with van der Waals surface area (Å²) in [5.41, 5.74) is 1.51. The van der Waals surface area contributed by atoms with Crippen LogP contribution in [-0.2, 0) is 12.7 Å². The first-order valence-corrected chi connectivity index (χ1v) is 10.2. The molecule has 0 aliphatic carbocycles. The molecule has 0 unspecified atom stereocenters. The number of hydrogen-bond acceptors (Lipinski definition) is 5. The Bertz CT molecular complexity index is 1140. The van der Waals surface area contributed by atoms with Crippen LogP contribution < -0.4 is 5.32 Å². The van der Waals surface area contributed by atoms with Crippen molar-refractivity contribution in [3.63, 3.8) is 0 Å². The lowest BCUT2D eigenvalue weighted by molar-refractivity contribution is -0.137. The monoisotopic (exact) mass is 430 g/mol. The zero-order valence-corrected chi connectivity index (χ0v) is 16.6. The van der Waals surface area contributed by atoms with Gasteiger partial charge in [-0.2, -0.15) is 13.2 Å². The smallest absolute Gasteiger partial charge is 0.416 e. The Labute approximate surface area is 174 Å². The molecular weight excluding hydrogens is 413 g/mol. The Morgan fingerprint density at radius 3 is 2.70 bits per heavy atom. The number of anilines is 1. The number of imidazole rings is 1. The lowest BCUT2D eigenvalue weighted by atomic mass is 10.0. The summed E-state index contributed by atoms with van der Waals surface area (Å²) < 4.78 is 44.8. The molecule has 0 spiro atoms. The number of hydrogen-bond donors (Lipinski definition) is 2. The molecule has 3 heterocycles. The molecule has 4 aromatic rings. The highest BCUT2D eigenvalue weighted by Crippen LogP contribution is 2.36. The van der Waals surface area contributed by atoms with E-state index in [1.54, 1.807) is 30.7 Å². The number of thioether (sulfide) groups is 1. The quantitative estimate of drug-likeness (QED) is 0.363. The number of H-pyrrole nitrogens is 1. The zero-order chi connectivity index (χ0) is 21.1. The van der Waals surface area contributed by atoms with Crippen molar-refractivity contribution in [3.05, 3.63) is 72.3 Å². The van der Waals surface area contributed by atoms with Crippen LogP contribution in [0, 0.1) is 0 Å². The second kappa shape index (κ2) is 8.27. The second-order valence-corrected chi connectivity index (χ2v) is 7.21. The number of nitrogens with one attached hydrogen (secondary N) is 2. The van der Waals surface area contributed by atoms with Crippen molar-refractivity contribution in [3.8, 4) is 22.5 Å². The first-order chi connectivity index (χ1) is 14.4. The normalized spacial score (nSPS) is 11.6. The van der Waals surface area contributed by atoms with E-state index in [4.69, 9.17) is 4.42 Å². The predicted molar refractivity (Wildman–Crippen MR) is 110 cm³/mol. The Balaban J connectivity index is 1.70. The summed E-state index contributed by atoms with van der Waals surface area (Å²) in [6.45, 7) is 0.461. The van der Waals surface area contributed by atoms with Gasteiger partial charge in [0.2, 0.25) is 0 Å². The largest absolute Gasteiger partial charge is 0.467 e. The van der Waals surface area contributed by atoms with Crippen molar-refractivity contribution in [2.45, 2.75) is 17.9 Å². The molecule has 5 nitrogen and oxygen atoms in total. The molecule has 0 atom stereocenters. The summed E-state index contributed by atoms with van der Waals surface area (Å²) >= 11 is 1.38. The number of alkyl halides is 3. The standard InChI is InChI=1S/C21H17F3N4OS/c1-30-20-27-18(13-4-2-5-15(10-13)21(22,23)24)19(28-20)14-7-8-25-17(11-14)26-12-16-6-3-9-29-16/h2-11H,12H2,1H3,(H,25,26)(H,27,28). The topological polar surface area (TPSA) is 66.7 Å². The van der Waals surface area contributed by atoms with Gasteiger partial charge in [-0.25, -0.2) is 9.97 Å². The SMILES string of the molecule is CSc1nc(-c2cccc(C(F)(F)F)c2)c(-c2ccnc(NCc3ccco3)c2)[nH]1. The number of rotatable bonds is 6. The van der Waals surface area contributed by atoms with E-state index in [0.29, 0.717) is 34.5 Å². The van der Waals surface area contributed by atoms with Gasteiger partial charge in [-0.15, -0.1) is 0 Å². The summed E-state index contributed by atoms with van der Waals surface area (Å²) in [6.07, 6.45) is 0.655. The highest BCUT2D eigenvalue weighted by atomic mass is 32.2. The molecule has 0 saturated heterocycles. The number of aromatic amines is 1. The van der Waals surface area contributed by atoms with Crippen LogP contribution >= 0.6 is 11.8 Å². The average molecular weight is 430 g/mol. The van der Waals surface area contributed by atoms with E-state index in [9.17, 15) is 13.2 Å². The van der Waals surface area contributed by atoms with E-state index in [-0.39, 0.29) is 0 Å². The number of benzene rings is 1. The number of pyridine rings is 1. The van der Waals surface area contributed by atoms with Crippen molar-refractivity contribution < 1.29 is 17.6 Å². The number of nitrogens with zero attached hydrogens (tertiary/aromatic N) is 2. The molecule has 0 bridgehead atoms. The molecule has 0 saturated carbocycles. The van der Waals surface area contributed by atoms with Crippen molar-refractivity contribution >= 4 is 17.6 Å². The molecule has 9 heteroatoms. The molecule has 2 N–H and O–H groups in total. The van der Waals surface area contributed by atoms with Crippen molar-refractivity contribution in [2.75, 3.05) is 11.6 Å². The number of furan rings is 1. The van der Waals surface area contributed by atoms with Crippen molar-refractivity contribution in [1.29, 1.82) is 0 Å². The molecular formula is C21H17F3N4OS. The van der Waals surface area contributed by atoms with Crippen molar-refractivity contribution in [2.24, 2.45) is 0 Å². The van der Waals surface area contributed by atoms with Crippen LogP contribution in [0.25, 0.3) is 22.5 Å². The fourth-order valence-corrected chi connectivity index (χ4v) is 3.37. The zero-order valence-electron chi connectivity index (χ0n) is 15.8. The summed E-state index contributed by atoms with van der Waals surface area (Å²) in [5, 5.41) is 3.78. The second-order valence-electron chi connectivity index (χ2n) is 6.41. The maximum atomic E-state index is 13.2. The first-order valence-electron chi connectivity index (χ1n) is 8.98. The summed E-state index contributed by atoms with van der Waals surface area (Å²) in [5.74, 6) is 1.37. The minimum Gasteiger partial charge on any atom is -0.467 e. The summed E-state index contributed by atoms with van der Waals surface area (Å²) in [7, 11) is 0.